The Morgan fingerprint density at radius 3 is 3.07 bits per heavy atom. The predicted octanol–water partition coefficient (Wildman–Crippen LogP) is 0.529. The van der Waals surface area contributed by atoms with Crippen LogP contribution in [0.2, 0.25) is 0 Å². The molecule has 1 aromatic heterocycles. The van der Waals surface area contributed by atoms with E-state index in [0.717, 1.165) is 5.56 Å². The Balaban J connectivity index is 2.07. The van der Waals surface area contributed by atoms with Gasteiger partial charge in [-0.2, -0.15) is 0 Å². The van der Waals surface area contributed by atoms with Crippen LogP contribution >= 0.6 is 0 Å². The summed E-state index contributed by atoms with van der Waals surface area (Å²) in [5, 5.41) is 9.46. The number of hydrogen-bond donors (Lipinski definition) is 1. The number of aryl methyl sites for hydroxylation is 1. The van der Waals surface area contributed by atoms with E-state index in [0.29, 0.717) is 19.1 Å². The van der Waals surface area contributed by atoms with Crippen LogP contribution in [0.1, 0.15) is 5.56 Å². The first-order valence-electron chi connectivity index (χ1n) is 4.61. The van der Waals surface area contributed by atoms with Crippen molar-refractivity contribution in [1.29, 1.82) is 0 Å². The number of rotatable bonds is 2. The van der Waals surface area contributed by atoms with Crippen LogP contribution in [0.25, 0.3) is 0 Å². The largest absolute Gasteiger partial charge is 0.469 e. The maximum absolute atomic E-state index is 9.46. The highest BCUT2D eigenvalue weighted by Gasteiger charge is 2.28. The summed E-state index contributed by atoms with van der Waals surface area (Å²) in [7, 11) is 0. The molecule has 0 spiro atoms. The first-order chi connectivity index (χ1) is 6.77. The van der Waals surface area contributed by atoms with E-state index in [1.807, 2.05) is 19.1 Å². The summed E-state index contributed by atoms with van der Waals surface area (Å²) in [5.41, 5.74) is 0.964. The molecule has 0 aliphatic carbocycles. The van der Waals surface area contributed by atoms with Crippen LogP contribution in [-0.2, 0) is 4.74 Å². The molecule has 1 aromatic rings. The number of ether oxygens (including phenoxy) is 2. The third-order valence-corrected chi connectivity index (χ3v) is 2.22. The average molecular weight is 195 g/mol. The molecule has 0 saturated carbocycles. The third-order valence-electron chi connectivity index (χ3n) is 2.22. The van der Waals surface area contributed by atoms with E-state index in [-0.39, 0.29) is 6.10 Å². The summed E-state index contributed by atoms with van der Waals surface area (Å²) < 4.78 is 10.6. The van der Waals surface area contributed by atoms with Gasteiger partial charge in [-0.3, -0.25) is 0 Å². The zero-order chi connectivity index (χ0) is 9.97. The van der Waals surface area contributed by atoms with Crippen LogP contribution in [0, 0.1) is 6.92 Å². The predicted molar refractivity (Wildman–Crippen MR) is 50.2 cm³/mol. The molecule has 1 N–H and O–H groups in total. The molecule has 4 nitrogen and oxygen atoms in total. The first-order valence-corrected chi connectivity index (χ1v) is 4.61. The number of aliphatic hydroxyl groups is 1. The van der Waals surface area contributed by atoms with Gasteiger partial charge in [0.05, 0.1) is 13.2 Å². The Kier molecular flexibility index (Phi) is 2.65. The number of aromatic nitrogens is 1. The van der Waals surface area contributed by atoms with Gasteiger partial charge in [0, 0.05) is 11.8 Å². The molecule has 76 valence electrons. The van der Waals surface area contributed by atoms with E-state index in [1.165, 1.54) is 0 Å². The van der Waals surface area contributed by atoms with Gasteiger partial charge in [0.25, 0.3) is 0 Å². The fourth-order valence-corrected chi connectivity index (χ4v) is 1.37. The van der Waals surface area contributed by atoms with E-state index < -0.39 is 6.10 Å². The van der Waals surface area contributed by atoms with Crippen molar-refractivity contribution in [2.45, 2.75) is 19.1 Å². The lowest BCUT2D eigenvalue weighted by Crippen LogP contribution is -2.30. The summed E-state index contributed by atoms with van der Waals surface area (Å²) in [5.74, 6) is 0.571. The molecule has 0 unspecified atom stereocenters. The molecule has 0 amide bonds. The molecule has 0 aromatic carbocycles. The maximum Gasteiger partial charge on any atom is 0.216 e. The second kappa shape index (κ2) is 3.94. The zero-order valence-electron chi connectivity index (χ0n) is 8.01. The van der Waals surface area contributed by atoms with Crippen molar-refractivity contribution >= 4 is 0 Å². The Labute approximate surface area is 82.5 Å². The van der Waals surface area contributed by atoms with Crippen molar-refractivity contribution in [2.24, 2.45) is 0 Å². The molecule has 1 aliphatic heterocycles. The highest BCUT2D eigenvalue weighted by molar-refractivity contribution is 5.23. The molecule has 2 heterocycles. The van der Waals surface area contributed by atoms with Crippen LogP contribution in [0.4, 0.5) is 0 Å². The Bertz CT molecular complexity index is 316. The van der Waals surface area contributed by atoms with Gasteiger partial charge in [-0.25, -0.2) is 4.98 Å². The molecule has 4 heteroatoms. The average Bonchev–Trinajstić information content (AvgIpc) is 2.56. The molecular weight excluding hydrogens is 182 g/mol. The van der Waals surface area contributed by atoms with Crippen LogP contribution in [0.5, 0.6) is 5.88 Å². The molecule has 1 saturated heterocycles. The molecule has 0 bridgehead atoms. The van der Waals surface area contributed by atoms with Gasteiger partial charge in [-0.05, 0) is 13.0 Å². The van der Waals surface area contributed by atoms with Crippen LogP contribution in [0.15, 0.2) is 18.3 Å². The number of nitrogens with zero attached hydrogens (tertiary/aromatic N) is 1. The normalized spacial score (nSPS) is 26.4. The molecule has 2 atom stereocenters. The fraction of sp³-hybridized carbons (Fsp3) is 0.500. The minimum absolute atomic E-state index is 0.288. The van der Waals surface area contributed by atoms with Crippen molar-refractivity contribution in [3.8, 4) is 5.88 Å². The summed E-state index contributed by atoms with van der Waals surface area (Å²) in [6.45, 7) is 2.69. The van der Waals surface area contributed by atoms with Crippen molar-refractivity contribution < 1.29 is 14.6 Å². The third kappa shape index (κ3) is 1.86. The van der Waals surface area contributed by atoms with Crippen molar-refractivity contribution in [2.75, 3.05) is 13.2 Å². The second-order valence-corrected chi connectivity index (χ2v) is 3.39. The maximum atomic E-state index is 9.46. The Morgan fingerprint density at radius 2 is 2.43 bits per heavy atom. The molecule has 0 radical (unpaired) electrons. The molecular formula is C10H13NO3. The summed E-state index contributed by atoms with van der Waals surface area (Å²) in [6, 6.07) is 3.77. The monoisotopic (exact) mass is 195 g/mol. The van der Waals surface area contributed by atoms with Gasteiger partial charge >= 0.3 is 0 Å². The van der Waals surface area contributed by atoms with Crippen LogP contribution < -0.4 is 4.74 Å². The van der Waals surface area contributed by atoms with Crippen molar-refractivity contribution in [1.82, 2.24) is 4.98 Å². The number of pyridine rings is 1. The minimum atomic E-state index is -0.545. The van der Waals surface area contributed by atoms with E-state index >= 15 is 0 Å². The lowest BCUT2D eigenvalue weighted by atomic mass is 10.2. The van der Waals surface area contributed by atoms with Gasteiger partial charge < -0.3 is 14.6 Å². The topological polar surface area (TPSA) is 51.6 Å². The number of aliphatic hydroxyl groups excluding tert-OH is 1. The van der Waals surface area contributed by atoms with Crippen molar-refractivity contribution in [3.63, 3.8) is 0 Å². The summed E-state index contributed by atoms with van der Waals surface area (Å²) in [4.78, 5) is 4.09. The Morgan fingerprint density at radius 1 is 1.57 bits per heavy atom. The first kappa shape index (κ1) is 9.43. The van der Waals surface area contributed by atoms with E-state index in [1.54, 1.807) is 6.20 Å². The Hall–Kier alpha value is -1.13. The zero-order valence-corrected chi connectivity index (χ0v) is 8.01. The molecule has 1 fully saturated rings. The summed E-state index contributed by atoms with van der Waals surface area (Å²) >= 11 is 0. The van der Waals surface area contributed by atoms with Crippen molar-refractivity contribution in [3.05, 3.63) is 23.9 Å². The van der Waals surface area contributed by atoms with Gasteiger partial charge in [0.2, 0.25) is 5.88 Å². The minimum Gasteiger partial charge on any atom is -0.469 e. The smallest absolute Gasteiger partial charge is 0.216 e. The quantitative estimate of drug-likeness (QED) is 0.747. The lowest BCUT2D eigenvalue weighted by molar-refractivity contribution is 0.0699. The van der Waals surface area contributed by atoms with Gasteiger partial charge in [0.1, 0.15) is 6.10 Å². The number of hydrogen-bond acceptors (Lipinski definition) is 4. The highest BCUT2D eigenvalue weighted by atomic mass is 16.6. The van der Waals surface area contributed by atoms with Crippen LogP contribution in [-0.4, -0.2) is 35.5 Å². The van der Waals surface area contributed by atoms with Gasteiger partial charge in [-0.1, -0.05) is 6.07 Å². The van der Waals surface area contributed by atoms with E-state index in [4.69, 9.17) is 9.47 Å². The SMILES string of the molecule is Cc1cccnc1O[C@H]1COC[C@@H]1O. The fourth-order valence-electron chi connectivity index (χ4n) is 1.37. The molecule has 14 heavy (non-hydrogen) atoms. The second-order valence-electron chi connectivity index (χ2n) is 3.39. The van der Waals surface area contributed by atoms with E-state index in [2.05, 4.69) is 4.98 Å². The summed E-state index contributed by atoms with van der Waals surface area (Å²) in [6.07, 6.45) is 0.838. The van der Waals surface area contributed by atoms with Gasteiger partial charge in [-0.15, -0.1) is 0 Å². The highest BCUT2D eigenvalue weighted by Crippen LogP contribution is 2.18. The lowest BCUT2D eigenvalue weighted by Gasteiger charge is -2.15. The molecule has 1 aliphatic rings. The van der Waals surface area contributed by atoms with E-state index in [9.17, 15) is 5.11 Å². The molecule has 2 rings (SSSR count). The van der Waals surface area contributed by atoms with Gasteiger partial charge in [0.15, 0.2) is 6.10 Å². The standard InChI is InChI=1S/C10H13NO3/c1-7-3-2-4-11-10(7)14-9-6-13-5-8(9)12/h2-4,8-9,12H,5-6H2,1H3/t8-,9-/m0/s1. The van der Waals surface area contributed by atoms with Crippen LogP contribution in [0.3, 0.4) is 0 Å².